The first-order valence-electron chi connectivity index (χ1n) is 21.2. The summed E-state index contributed by atoms with van der Waals surface area (Å²) in [5, 5.41) is 31.1. The van der Waals surface area contributed by atoms with Crippen molar-refractivity contribution in [2.24, 2.45) is 11.8 Å². The number of hydrogen-bond donors (Lipinski definition) is 1. The number of benzene rings is 4. The molecular formula is C48H63ClN2O6. The van der Waals surface area contributed by atoms with Gasteiger partial charge in [0.2, 0.25) is 5.75 Å². The molecule has 0 spiro atoms. The van der Waals surface area contributed by atoms with E-state index in [1.54, 1.807) is 25.1 Å². The summed E-state index contributed by atoms with van der Waals surface area (Å²) in [6.07, 6.45) is 21.7. The van der Waals surface area contributed by atoms with Gasteiger partial charge in [-0.05, 0) is 148 Å². The molecule has 57 heavy (non-hydrogen) atoms. The number of nitro groups is 2. The smallest absolute Gasteiger partial charge is 0.311 e. The van der Waals surface area contributed by atoms with E-state index in [9.17, 15) is 25.3 Å². The zero-order chi connectivity index (χ0) is 41.2. The first kappa shape index (κ1) is 45.3. The van der Waals surface area contributed by atoms with Gasteiger partial charge in [0.1, 0.15) is 16.5 Å². The molecule has 1 N–H and O–H groups in total. The largest absolute Gasteiger partial charge is 0.508 e. The van der Waals surface area contributed by atoms with Crippen molar-refractivity contribution in [3.05, 3.63) is 132 Å². The fourth-order valence-electron chi connectivity index (χ4n) is 8.24. The quantitative estimate of drug-likeness (QED) is 0.0771. The predicted octanol–water partition coefficient (Wildman–Crippen LogP) is 15.4. The molecule has 0 unspecified atom stereocenters. The Morgan fingerprint density at radius 2 is 1.05 bits per heavy atom. The Balaban J connectivity index is 0.000000211. The molecule has 0 aromatic heterocycles. The summed E-state index contributed by atoms with van der Waals surface area (Å²) in [6.45, 7) is 8.16. The number of unbranched alkanes of at least 4 members (excludes halogenated alkanes) is 4. The van der Waals surface area contributed by atoms with Crippen LogP contribution in [0.2, 0.25) is 5.02 Å². The van der Waals surface area contributed by atoms with Crippen LogP contribution < -0.4 is 4.74 Å². The normalized spacial score (nSPS) is 19.0. The standard InChI is InChI=1S/C24H31NO3.C17H26O.C7H6ClNO2/c1-3-4-5-6-19-8-10-20(11-9-19)21-12-14-22(15-13-21)28-24-16-7-18(2)17-23(24)25(26)27;1-2-3-4-5-14-6-8-15(9-7-14)16-10-12-17(18)13-11-16;1-5-2-3-6(8)7(4-5)9(10)11/h7,12-17,19-20H,3-6,8-11H2,1-2H3;10-15,18H,2-9H2,1H3;2-4H,1H3. The van der Waals surface area contributed by atoms with Crippen LogP contribution in [0.4, 0.5) is 11.4 Å². The number of phenolic OH excluding ortho intramolecular Hbond substituents is 1. The third-order valence-corrected chi connectivity index (χ3v) is 12.0. The molecule has 0 saturated heterocycles. The number of ether oxygens (including phenoxy) is 1. The van der Waals surface area contributed by atoms with E-state index in [1.807, 2.05) is 37.3 Å². The summed E-state index contributed by atoms with van der Waals surface area (Å²) in [6, 6.07) is 25.7. The van der Waals surface area contributed by atoms with Crippen LogP contribution in [0.3, 0.4) is 0 Å². The Labute approximate surface area is 345 Å². The first-order valence-corrected chi connectivity index (χ1v) is 21.6. The molecule has 2 aliphatic rings. The van der Waals surface area contributed by atoms with Crippen LogP contribution in [0.15, 0.2) is 84.9 Å². The lowest BCUT2D eigenvalue weighted by molar-refractivity contribution is -0.385. The summed E-state index contributed by atoms with van der Waals surface area (Å²) < 4.78 is 5.80. The number of nitro benzene ring substituents is 2. The van der Waals surface area contributed by atoms with E-state index in [0.29, 0.717) is 17.4 Å². The van der Waals surface area contributed by atoms with Gasteiger partial charge in [-0.3, -0.25) is 20.2 Å². The maximum Gasteiger partial charge on any atom is 0.311 e. The minimum Gasteiger partial charge on any atom is -0.508 e. The number of aromatic hydroxyl groups is 1. The molecule has 0 heterocycles. The van der Waals surface area contributed by atoms with Crippen LogP contribution in [-0.4, -0.2) is 15.0 Å². The maximum atomic E-state index is 11.3. The maximum absolute atomic E-state index is 11.3. The lowest BCUT2D eigenvalue weighted by atomic mass is 9.77. The molecule has 2 saturated carbocycles. The Kier molecular flexibility index (Phi) is 18.8. The summed E-state index contributed by atoms with van der Waals surface area (Å²) >= 11 is 5.55. The van der Waals surface area contributed by atoms with Gasteiger partial charge in [-0.25, -0.2) is 0 Å². The van der Waals surface area contributed by atoms with E-state index in [4.69, 9.17) is 16.3 Å². The second-order valence-electron chi connectivity index (χ2n) is 16.1. The topological polar surface area (TPSA) is 116 Å². The van der Waals surface area contributed by atoms with Crippen LogP contribution in [0.1, 0.15) is 151 Å². The molecule has 0 atom stereocenters. The van der Waals surface area contributed by atoms with E-state index in [-0.39, 0.29) is 22.1 Å². The number of hydrogen-bond acceptors (Lipinski definition) is 6. The predicted molar refractivity (Wildman–Crippen MR) is 233 cm³/mol. The molecular weight excluding hydrogens is 736 g/mol. The molecule has 0 radical (unpaired) electrons. The second kappa shape index (κ2) is 23.7. The molecule has 0 aliphatic heterocycles. The molecule has 2 aliphatic carbocycles. The van der Waals surface area contributed by atoms with Gasteiger partial charge in [0, 0.05) is 12.1 Å². The molecule has 308 valence electrons. The third kappa shape index (κ3) is 15.1. The van der Waals surface area contributed by atoms with Crippen LogP contribution in [0, 0.1) is 45.9 Å². The highest BCUT2D eigenvalue weighted by molar-refractivity contribution is 6.32. The summed E-state index contributed by atoms with van der Waals surface area (Å²) in [4.78, 5) is 20.7. The Morgan fingerprint density at radius 3 is 1.49 bits per heavy atom. The van der Waals surface area contributed by atoms with E-state index in [1.165, 1.54) is 126 Å². The van der Waals surface area contributed by atoms with Crippen molar-refractivity contribution < 1.29 is 19.7 Å². The van der Waals surface area contributed by atoms with Gasteiger partial charge in [0.15, 0.2) is 0 Å². The fraction of sp³-hybridized carbons (Fsp3) is 0.500. The molecule has 0 amide bonds. The summed E-state index contributed by atoms with van der Waals surface area (Å²) in [7, 11) is 0. The molecule has 9 heteroatoms. The molecule has 8 nitrogen and oxygen atoms in total. The van der Waals surface area contributed by atoms with E-state index < -0.39 is 9.85 Å². The van der Waals surface area contributed by atoms with E-state index >= 15 is 0 Å². The Morgan fingerprint density at radius 1 is 0.614 bits per heavy atom. The highest BCUT2D eigenvalue weighted by Gasteiger charge is 2.23. The minimum absolute atomic E-state index is 0.00507. The first-order chi connectivity index (χ1) is 27.5. The molecule has 0 bridgehead atoms. The molecule has 2 fully saturated rings. The van der Waals surface area contributed by atoms with Gasteiger partial charge in [-0.2, -0.15) is 0 Å². The average Bonchev–Trinajstić information content (AvgIpc) is 3.21. The zero-order valence-electron chi connectivity index (χ0n) is 34.5. The number of aryl methyl sites for hydroxylation is 2. The highest BCUT2D eigenvalue weighted by atomic mass is 35.5. The summed E-state index contributed by atoms with van der Waals surface area (Å²) in [5.41, 5.74) is 4.43. The van der Waals surface area contributed by atoms with Crippen molar-refractivity contribution in [1.29, 1.82) is 0 Å². The summed E-state index contributed by atoms with van der Waals surface area (Å²) in [5.74, 6) is 4.56. The van der Waals surface area contributed by atoms with Crippen molar-refractivity contribution >= 4 is 23.0 Å². The van der Waals surface area contributed by atoms with Gasteiger partial charge in [0.05, 0.1) is 9.85 Å². The highest BCUT2D eigenvalue weighted by Crippen LogP contribution is 2.40. The Bertz CT molecular complexity index is 1810. The lowest BCUT2D eigenvalue weighted by Crippen LogP contribution is -2.13. The second-order valence-corrected chi connectivity index (χ2v) is 16.5. The fourth-order valence-corrected chi connectivity index (χ4v) is 8.42. The molecule has 4 aromatic rings. The number of phenols is 1. The van der Waals surface area contributed by atoms with Crippen molar-refractivity contribution in [2.45, 2.75) is 142 Å². The number of halogens is 1. The van der Waals surface area contributed by atoms with Gasteiger partial charge in [0.25, 0.3) is 5.69 Å². The van der Waals surface area contributed by atoms with Crippen LogP contribution in [0.25, 0.3) is 0 Å². The molecule has 6 rings (SSSR count). The van der Waals surface area contributed by atoms with Gasteiger partial charge in [-0.1, -0.05) is 113 Å². The van der Waals surface area contributed by atoms with Crippen molar-refractivity contribution in [2.75, 3.05) is 0 Å². The van der Waals surface area contributed by atoms with Crippen molar-refractivity contribution in [3.8, 4) is 17.2 Å². The number of nitrogens with zero attached hydrogens (tertiary/aromatic N) is 2. The Hall–Kier alpha value is -4.43. The van der Waals surface area contributed by atoms with Crippen LogP contribution in [-0.2, 0) is 0 Å². The van der Waals surface area contributed by atoms with E-state index in [2.05, 4.69) is 38.1 Å². The minimum atomic E-state index is -0.491. The van der Waals surface area contributed by atoms with E-state index in [0.717, 1.165) is 28.9 Å². The van der Waals surface area contributed by atoms with Crippen LogP contribution in [0.5, 0.6) is 17.2 Å². The average molecular weight is 799 g/mol. The van der Waals surface area contributed by atoms with Crippen molar-refractivity contribution in [1.82, 2.24) is 0 Å². The van der Waals surface area contributed by atoms with Gasteiger partial charge >= 0.3 is 5.69 Å². The van der Waals surface area contributed by atoms with Crippen molar-refractivity contribution in [3.63, 3.8) is 0 Å². The van der Waals surface area contributed by atoms with Gasteiger partial charge in [-0.15, -0.1) is 0 Å². The SMILES string of the molecule is CCCCCC1CCC(c2ccc(O)cc2)CC1.CCCCCC1CCC(c2ccc(Oc3ccc(C)cc3[N+](=O)[O-])cc2)CC1.Cc1ccc(Cl)c([N+](=O)[O-])c1. The third-order valence-electron chi connectivity index (χ3n) is 11.7. The molecule has 4 aromatic carbocycles. The lowest BCUT2D eigenvalue weighted by Gasteiger charge is -2.29. The monoisotopic (exact) mass is 798 g/mol. The zero-order valence-corrected chi connectivity index (χ0v) is 35.2. The van der Waals surface area contributed by atoms with Gasteiger partial charge < -0.3 is 9.84 Å². The van der Waals surface area contributed by atoms with Crippen LogP contribution >= 0.6 is 11.6 Å². The number of rotatable bonds is 14.